The predicted octanol–water partition coefficient (Wildman–Crippen LogP) is 8.41. The van der Waals surface area contributed by atoms with Crippen molar-refractivity contribution in [2.45, 2.75) is 12.0 Å². The van der Waals surface area contributed by atoms with Crippen molar-refractivity contribution in [3.63, 3.8) is 0 Å². The van der Waals surface area contributed by atoms with E-state index in [4.69, 9.17) is 5.21 Å². The Hall–Kier alpha value is -6.45. The minimum atomic E-state index is -0.878. The van der Waals surface area contributed by atoms with Crippen molar-refractivity contribution in [2.24, 2.45) is 5.92 Å². The number of hydrogen-bond donors (Lipinski definition) is 0. The number of tetrazole rings is 1. The maximum absolute atomic E-state index is 13.0. The zero-order valence-electron chi connectivity index (χ0n) is 26.1. The number of hydrogen-bond acceptors (Lipinski definition) is 5. The second kappa shape index (κ2) is 13.5. The molecule has 0 aliphatic heterocycles. The van der Waals surface area contributed by atoms with Crippen LogP contribution in [0.2, 0.25) is 0 Å². The highest BCUT2D eigenvalue weighted by molar-refractivity contribution is 5.99. The molecule has 48 heavy (non-hydrogen) atoms. The zero-order valence-corrected chi connectivity index (χ0v) is 26.1. The summed E-state index contributed by atoms with van der Waals surface area (Å²) >= 11 is 0. The second-order valence-electron chi connectivity index (χ2n) is 11.6. The fraction of sp³-hybridized carbons (Fsp3) is 0.0714. The van der Waals surface area contributed by atoms with Gasteiger partial charge in [0.25, 0.3) is 0 Å². The first-order valence-corrected chi connectivity index (χ1v) is 15.8. The van der Waals surface area contributed by atoms with Gasteiger partial charge in [0.05, 0.1) is 6.07 Å². The molecule has 0 amide bonds. The normalized spacial score (nSPS) is 11.8. The summed E-state index contributed by atoms with van der Waals surface area (Å²) in [6, 6.07) is 58.3. The van der Waals surface area contributed by atoms with Crippen LogP contribution in [0.5, 0.6) is 0 Å². The van der Waals surface area contributed by atoms with E-state index in [1.807, 2.05) is 120 Å². The number of aromatic nitrogens is 4. The lowest BCUT2D eigenvalue weighted by Gasteiger charge is -2.36. The summed E-state index contributed by atoms with van der Waals surface area (Å²) in [4.78, 5) is 13.0. The van der Waals surface area contributed by atoms with E-state index >= 15 is 0 Å². The Morgan fingerprint density at radius 1 is 0.625 bits per heavy atom. The van der Waals surface area contributed by atoms with Crippen LogP contribution in [0, 0.1) is 17.2 Å². The summed E-state index contributed by atoms with van der Waals surface area (Å²) in [5.74, 6) is -0.320. The van der Waals surface area contributed by atoms with Gasteiger partial charge in [0, 0.05) is 11.1 Å². The fourth-order valence-corrected chi connectivity index (χ4v) is 6.47. The molecule has 0 N–H and O–H groups in total. The molecule has 1 heterocycles. The highest BCUT2D eigenvalue weighted by Gasteiger charge is 2.42. The van der Waals surface area contributed by atoms with Gasteiger partial charge >= 0.3 is 0 Å². The molecule has 6 aromatic carbocycles. The molecule has 0 bridgehead atoms. The van der Waals surface area contributed by atoms with E-state index in [1.54, 1.807) is 12.1 Å². The van der Waals surface area contributed by atoms with Crippen LogP contribution in [0.4, 0.5) is 0 Å². The highest BCUT2D eigenvalue weighted by Crippen LogP contribution is 2.43. The fourth-order valence-electron chi connectivity index (χ4n) is 6.47. The van der Waals surface area contributed by atoms with Crippen LogP contribution in [0.25, 0.3) is 22.5 Å². The van der Waals surface area contributed by atoms with Crippen molar-refractivity contribution in [1.82, 2.24) is 20.2 Å². The first kappa shape index (κ1) is 30.2. The topological polar surface area (TPSA) is 84.5 Å². The van der Waals surface area contributed by atoms with Crippen molar-refractivity contribution < 1.29 is 4.79 Å². The molecule has 0 spiro atoms. The second-order valence-corrected chi connectivity index (χ2v) is 11.6. The van der Waals surface area contributed by atoms with Crippen LogP contribution in [-0.4, -0.2) is 26.0 Å². The van der Waals surface area contributed by atoms with Gasteiger partial charge in [-0.3, -0.25) is 4.79 Å². The lowest BCUT2D eigenvalue weighted by Crippen LogP contribution is -2.39. The smallest absolute Gasteiger partial charge is 0.184 e. The summed E-state index contributed by atoms with van der Waals surface area (Å²) < 4.78 is 1.94. The highest BCUT2D eigenvalue weighted by atomic mass is 16.1. The molecule has 0 fully saturated rings. The SMILES string of the molecule is N#CC(Cc1ccc(-c2ccccc2-c2nnnn2C(c2ccccc2)(c2ccccc2)c2ccccc2)cc1)C(=O)c1ccccc1. The Labute approximate surface area is 279 Å². The van der Waals surface area contributed by atoms with Gasteiger partial charge in [-0.15, -0.1) is 5.10 Å². The van der Waals surface area contributed by atoms with Crippen LogP contribution in [0.3, 0.4) is 0 Å². The van der Waals surface area contributed by atoms with Gasteiger partial charge in [0.15, 0.2) is 11.6 Å². The molecular formula is C42H31N5O. The molecule has 1 aromatic heterocycles. The van der Waals surface area contributed by atoms with Crippen LogP contribution in [0.15, 0.2) is 170 Å². The summed E-state index contributed by atoms with van der Waals surface area (Å²) in [6.45, 7) is 0. The van der Waals surface area contributed by atoms with Crippen LogP contribution < -0.4 is 0 Å². The van der Waals surface area contributed by atoms with Gasteiger partial charge in [-0.25, -0.2) is 4.68 Å². The number of carbonyl (C=O) groups excluding carboxylic acids is 1. The summed E-state index contributed by atoms with van der Waals surface area (Å²) in [5.41, 5.74) is 6.45. The Kier molecular flexibility index (Phi) is 8.50. The molecule has 1 atom stereocenters. The maximum Gasteiger partial charge on any atom is 0.184 e. The van der Waals surface area contributed by atoms with Crippen LogP contribution >= 0.6 is 0 Å². The Morgan fingerprint density at radius 2 is 1.10 bits per heavy atom. The lowest BCUT2D eigenvalue weighted by molar-refractivity contribution is 0.0948. The number of nitriles is 1. The molecule has 0 saturated carbocycles. The molecule has 0 aliphatic carbocycles. The summed E-state index contributed by atoms with van der Waals surface area (Å²) in [7, 11) is 0. The average Bonchev–Trinajstić information content (AvgIpc) is 3.66. The molecular weight excluding hydrogens is 590 g/mol. The van der Waals surface area contributed by atoms with Crippen molar-refractivity contribution in [2.75, 3.05) is 0 Å². The average molecular weight is 622 g/mol. The molecule has 0 radical (unpaired) electrons. The third-order valence-electron chi connectivity index (χ3n) is 8.77. The Morgan fingerprint density at radius 3 is 1.62 bits per heavy atom. The first-order valence-electron chi connectivity index (χ1n) is 15.8. The van der Waals surface area contributed by atoms with E-state index in [0.29, 0.717) is 17.8 Å². The molecule has 6 nitrogen and oxygen atoms in total. The van der Waals surface area contributed by atoms with Crippen molar-refractivity contribution >= 4 is 5.78 Å². The van der Waals surface area contributed by atoms with Crippen molar-refractivity contribution in [3.05, 3.63) is 198 Å². The van der Waals surface area contributed by atoms with Gasteiger partial charge in [-0.2, -0.15) is 5.26 Å². The Bertz CT molecular complexity index is 2080. The van der Waals surface area contributed by atoms with E-state index in [9.17, 15) is 10.1 Å². The third kappa shape index (κ3) is 5.59. The third-order valence-corrected chi connectivity index (χ3v) is 8.77. The minimum Gasteiger partial charge on any atom is -0.293 e. The number of Topliss-reactive ketones (excluding diaryl/α,β-unsaturated/α-hetero) is 1. The monoisotopic (exact) mass is 621 g/mol. The first-order chi connectivity index (χ1) is 23.7. The van der Waals surface area contributed by atoms with Gasteiger partial charge < -0.3 is 0 Å². The molecule has 7 aromatic rings. The van der Waals surface area contributed by atoms with E-state index in [2.05, 4.69) is 58.8 Å². The van der Waals surface area contributed by atoms with Crippen molar-refractivity contribution in [1.29, 1.82) is 5.26 Å². The van der Waals surface area contributed by atoms with E-state index in [0.717, 1.165) is 38.9 Å². The van der Waals surface area contributed by atoms with E-state index in [-0.39, 0.29) is 5.78 Å². The number of ketones is 1. The van der Waals surface area contributed by atoms with Crippen LogP contribution in [0.1, 0.15) is 32.6 Å². The van der Waals surface area contributed by atoms with Crippen molar-refractivity contribution in [3.8, 4) is 28.6 Å². The van der Waals surface area contributed by atoms with E-state index < -0.39 is 11.5 Å². The summed E-state index contributed by atoms with van der Waals surface area (Å²) in [6.07, 6.45) is 0.331. The largest absolute Gasteiger partial charge is 0.293 e. The quantitative estimate of drug-likeness (QED) is 0.113. The standard InChI is InChI=1S/C42H31N5O/c43-30-34(40(48)33-15-5-1-6-16-33)29-31-25-27-32(28-26-31)38-23-13-14-24-39(38)41-44-45-46-47(41)42(35-17-7-2-8-18-35,36-19-9-3-10-20-36)37-21-11-4-12-22-37/h1-28,34H,29H2. The van der Waals surface area contributed by atoms with Crippen LogP contribution in [-0.2, 0) is 12.0 Å². The van der Waals surface area contributed by atoms with E-state index in [1.165, 1.54) is 0 Å². The molecule has 0 aliphatic rings. The predicted molar refractivity (Wildman–Crippen MR) is 187 cm³/mol. The molecule has 1 unspecified atom stereocenters. The van der Waals surface area contributed by atoms with Gasteiger partial charge in [-0.1, -0.05) is 170 Å². The number of rotatable bonds is 10. The molecule has 230 valence electrons. The van der Waals surface area contributed by atoms with Gasteiger partial charge in [-0.05, 0) is 50.2 Å². The van der Waals surface area contributed by atoms with Gasteiger partial charge in [0.1, 0.15) is 11.5 Å². The van der Waals surface area contributed by atoms with Gasteiger partial charge in [0.2, 0.25) is 0 Å². The number of benzene rings is 6. The maximum atomic E-state index is 13.0. The minimum absolute atomic E-state index is 0.168. The molecule has 7 rings (SSSR count). The molecule has 6 heteroatoms. The number of nitrogens with zero attached hydrogens (tertiary/aromatic N) is 5. The number of carbonyl (C=O) groups is 1. The molecule has 0 saturated heterocycles. The zero-order chi connectivity index (χ0) is 32.8. The Balaban J connectivity index is 1.32. The lowest BCUT2D eigenvalue weighted by atomic mass is 9.77. The summed E-state index contributed by atoms with van der Waals surface area (Å²) in [5, 5.41) is 23.5.